The molecular weight excluding hydrogens is 338 g/mol. The number of hydrogen-bond donors (Lipinski definition) is 1. The molecule has 7 heteroatoms. The van der Waals surface area contributed by atoms with Crippen LogP contribution in [0, 0.1) is 0 Å². The van der Waals surface area contributed by atoms with Gasteiger partial charge in [0.1, 0.15) is 23.8 Å². The van der Waals surface area contributed by atoms with Crippen molar-refractivity contribution in [2.75, 3.05) is 13.7 Å². The molecule has 1 N–H and O–H groups in total. The van der Waals surface area contributed by atoms with Gasteiger partial charge in [-0.05, 0) is 42.5 Å². The van der Waals surface area contributed by atoms with Crippen molar-refractivity contribution >= 4 is 27.7 Å². The van der Waals surface area contributed by atoms with Crippen LogP contribution in [0.2, 0.25) is 0 Å². The number of benzene rings is 2. The van der Waals surface area contributed by atoms with Crippen molar-refractivity contribution in [3.63, 3.8) is 0 Å². The Bertz CT molecular complexity index is 987. The van der Waals surface area contributed by atoms with E-state index >= 15 is 0 Å². The third-order valence-corrected chi connectivity index (χ3v) is 5.26. The summed E-state index contributed by atoms with van der Waals surface area (Å²) >= 11 is 0. The number of ether oxygens (including phenoxy) is 2. The van der Waals surface area contributed by atoms with Gasteiger partial charge in [-0.1, -0.05) is 0 Å². The number of rotatable bonds is 4. The smallest absolute Gasteiger partial charge is 0.253 e. The molecule has 1 aromatic heterocycles. The topological polar surface area (TPSA) is 72.8 Å². The highest BCUT2D eigenvalue weighted by molar-refractivity contribution is 7.86. The third kappa shape index (κ3) is 3.18. The summed E-state index contributed by atoms with van der Waals surface area (Å²) < 4.78 is 18.3. The molecule has 0 fully saturated rings. The number of amides is 1. The molecule has 0 aliphatic carbocycles. The average Bonchev–Trinajstić information content (AvgIpc) is 3.08. The van der Waals surface area contributed by atoms with E-state index < -0.39 is 10.9 Å². The quantitative estimate of drug-likeness (QED) is 0.781. The first-order chi connectivity index (χ1) is 12.2. The maximum atomic E-state index is 11.3. The largest absolute Gasteiger partial charge is 0.497 e. The number of carbonyl (C=O) groups is 1. The predicted molar refractivity (Wildman–Crippen MR) is 95.9 cm³/mol. The molecule has 1 unspecified atom stereocenters. The summed E-state index contributed by atoms with van der Waals surface area (Å²) in [7, 11) is 1.07. The first-order valence-corrected chi connectivity index (χ1v) is 8.83. The van der Waals surface area contributed by atoms with E-state index in [1.807, 2.05) is 48.5 Å². The highest BCUT2D eigenvalue weighted by Crippen LogP contribution is 2.31. The van der Waals surface area contributed by atoms with E-state index in [9.17, 15) is 4.79 Å². The van der Waals surface area contributed by atoms with Crippen LogP contribution in [0.3, 0.4) is 0 Å². The highest BCUT2D eigenvalue weighted by atomic mass is 32.2. The number of fused-ring (bicyclic) bond motifs is 1. The molecule has 126 valence electrons. The molecule has 0 saturated heterocycles. The van der Waals surface area contributed by atoms with Crippen LogP contribution < -0.4 is 14.2 Å². The lowest BCUT2D eigenvalue weighted by molar-refractivity contribution is -0.117. The lowest BCUT2D eigenvalue weighted by Gasteiger charge is -2.10. The molecule has 4 rings (SSSR count). The maximum Gasteiger partial charge on any atom is 0.253 e. The highest BCUT2D eigenvalue weighted by Gasteiger charge is 2.13. The van der Waals surface area contributed by atoms with E-state index in [4.69, 9.17) is 9.47 Å². The fraction of sp³-hybridized carbons (Fsp3) is 0.111. The van der Waals surface area contributed by atoms with Gasteiger partial charge in [0.2, 0.25) is 0 Å². The second kappa shape index (κ2) is 6.52. The maximum absolute atomic E-state index is 11.3. The number of methoxy groups -OCH3 is 1. The van der Waals surface area contributed by atoms with Crippen molar-refractivity contribution in [1.82, 2.24) is 9.71 Å². The Morgan fingerprint density at radius 2 is 1.88 bits per heavy atom. The lowest BCUT2D eigenvalue weighted by Crippen LogP contribution is -2.19. The van der Waals surface area contributed by atoms with E-state index in [1.165, 1.54) is 0 Å². The first kappa shape index (κ1) is 15.6. The lowest BCUT2D eigenvalue weighted by atomic mass is 10.2. The predicted octanol–water partition coefficient (Wildman–Crippen LogP) is 3.24. The van der Waals surface area contributed by atoms with E-state index in [0.717, 1.165) is 27.3 Å². The van der Waals surface area contributed by atoms with Gasteiger partial charge in [0.05, 0.1) is 12.6 Å². The van der Waals surface area contributed by atoms with Crippen LogP contribution >= 0.6 is 0 Å². The Kier molecular flexibility index (Phi) is 4.07. The van der Waals surface area contributed by atoms with Crippen LogP contribution in [-0.2, 0) is 15.7 Å². The molecule has 6 nitrogen and oxygen atoms in total. The molecule has 1 aliphatic heterocycles. The number of aromatic nitrogens is 1. The van der Waals surface area contributed by atoms with Crippen molar-refractivity contribution in [3.05, 3.63) is 54.7 Å². The molecule has 0 radical (unpaired) electrons. The van der Waals surface area contributed by atoms with Gasteiger partial charge in [-0.3, -0.25) is 14.5 Å². The number of pyridine rings is 1. The van der Waals surface area contributed by atoms with Gasteiger partial charge < -0.3 is 9.47 Å². The van der Waals surface area contributed by atoms with Gasteiger partial charge in [0.25, 0.3) is 5.91 Å². The van der Waals surface area contributed by atoms with E-state index in [-0.39, 0.29) is 12.5 Å². The van der Waals surface area contributed by atoms with Crippen LogP contribution in [0.5, 0.6) is 17.2 Å². The Morgan fingerprint density at radius 1 is 1.08 bits per heavy atom. The molecule has 0 spiro atoms. The van der Waals surface area contributed by atoms with Crippen LogP contribution in [0.15, 0.2) is 64.0 Å². The summed E-state index contributed by atoms with van der Waals surface area (Å²) in [5, 5.41) is 0.910. The Morgan fingerprint density at radius 3 is 2.60 bits per heavy atom. The minimum absolute atomic E-state index is 0.0395. The molecular formula is C18H15N3O3S. The van der Waals surface area contributed by atoms with Crippen molar-refractivity contribution in [3.8, 4) is 17.2 Å². The van der Waals surface area contributed by atoms with Gasteiger partial charge in [-0.25, -0.2) is 4.36 Å². The number of hydrogen-bond acceptors (Lipinski definition) is 5. The molecule has 2 aromatic carbocycles. The van der Waals surface area contributed by atoms with Crippen molar-refractivity contribution in [2.45, 2.75) is 4.90 Å². The summed E-state index contributed by atoms with van der Waals surface area (Å²) in [6.45, 7) is 0.230. The SMILES string of the molecule is COc1ccc2c(Oc3ccc(S4=NCC(=O)N4)cc3)ccnc2c1. The van der Waals surface area contributed by atoms with Crippen LogP contribution in [0.1, 0.15) is 0 Å². The molecule has 25 heavy (non-hydrogen) atoms. The van der Waals surface area contributed by atoms with Crippen LogP contribution in [0.4, 0.5) is 0 Å². The molecule has 0 bridgehead atoms. The summed E-state index contributed by atoms with van der Waals surface area (Å²) in [5.41, 5.74) is 0.808. The molecule has 1 amide bonds. The minimum Gasteiger partial charge on any atom is -0.497 e. The number of carbonyl (C=O) groups excluding carboxylic acids is 1. The standard InChI is InChI=1S/C18H15N3O3S/c1-23-13-4-7-15-16(10-13)19-9-8-17(15)24-12-2-5-14(6-3-12)25-20-11-18(22)21-25/h2-10H,11H2,1H3,(H,20,21,22). The van der Waals surface area contributed by atoms with Crippen LogP contribution in [0.25, 0.3) is 10.9 Å². The second-order valence-corrected chi connectivity index (χ2v) is 6.87. The zero-order valence-electron chi connectivity index (χ0n) is 13.4. The Balaban J connectivity index is 1.60. The second-order valence-electron chi connectivity index (χ2n) is 5.36. The zero-order chi connectivity index (χ0) is 17.2. The molecule has 2 heterocycles. The van der Waals surface area contributed by atoms with Crippen LogP contribution in [-0.4, -0.2) is 24.5 Å². The molecule has 1 aliphatic rings. The number of nitrogens with one attached hydrogen (secondary N) is 1. The monoisotopic (exact) mass is 353 g/mol. The molecule has 3 aromatic rings. The van der Waals surface area contributed by atoms with E-state index in [0.29, 0.717) is 5.75 Å². The van der Waals surface area contributed by atoms with E-state index in [1.54, 1.807) is 13.3 Å². The Labute approximate surface area is 147 Å². The summed E-state index contributed by atoms with van der Waals surface area (Å²) in [6.07, 6.45) is 1.71. The van der Waals surface area contributed by atoms with Gasteiger partial charge >= 0.3 is 0 Å². The van der Waals surface area contributed by atoms with Gasteiger partial charge in [0, 0.05) is 33.4 Å². The minimum atomic E-state index is -0.556. The van der Waals surface area contributed by atoms with Gasteiger partial charge in [-0.15, -0.1) is 0 Å². The average molecular weight is 353 g/mol. The Hall–Kier alpha value is -2.93. The summed E-state index contributed by atoms with van der Waals surface area (Å²) in [6, 6.07) is 15.1. The van der Waals surface area contributed by atoms with Crippen molar-refractivity contribution in [1.29, 1.82) is 0 Å². The van der Waals surface area contributed by atoms with Crippen molar-refractivity contribution < 1.29 is 14.3 Å². The molecule has 1 atom stereocenters. The van der Waals surface area contributed by atoms with Gasteiger partial charge in [0.15, 0.2) is 0 Å². The summed E-state index contributed by atoms with van der Waals surface area (Å²) in [4.78, 5) is 16.6. The normalized spacial score (nSPS) is 16.4. The van der Waals surface area contributed by atoms with E-state index in [2.05, 4.69) is 14.1 Å². The zero-order valence-corrected chi connectivity index (χ0v) is 14.2. The van der Waals surface area contributed by atoms with Gasteiger partial charge in [-0.2, -0.15) is 0 Å². The summed E-state index contributed by atoms with van der Waals surface area (Å²) in [5.74, 6) is 2.15. The third-order valence-electron chi connectivity index (χ3n) is 3.73. The fourth-order valence-electron chi connectivity index (χ4n) is 2.51. The fourth-order valence-corrected chi connectivity index (χ4v) is 3.76. The van der Waals surface area contributed by atoms with Crippen molar-refractivity contribution in [2.24, 2.45) is 4.36 Å². The molecule has 0 saturated carbocycles. The first-order valence-electron chi connectivity index (χ1n) is 7.65. The number of nitrogens with zero attached hydrogens (tertiary/aromatic N) is 2.